The molecule has 8 heteroatoms. The van der Waals surface area contributed by atoms with E-state index in [0.717, 1.165) is 5.69 Å². The number of rotatable bonds is 5. The Morgan fingerprint density at radius 1 is 1.48 bits per heavy atom. The van der Waals surface area contributed by atoms with Gasteiger partial charge in [0.15, 0.2) is 0 Å². The summed E-state index contributed by atoms with van der Waals surface area (Å²) in [4.78, 5) is 13.2. The minimum atomic E-state index is -3.72. The van der Waals surface area contributed by atoms with Crippen molar-refractivity contribution in [1.82, 2.24) is 4.72 Å². The third-order valence-electron chi connectivity index (χ3n) is 3.57. The summed E-state index contributed by atoms with van der Waals surface area (Å²) >= 11 is 0. The summed E-state index contributed by atoms with van der Waals surface area (Å²) in [7, 11) is -2.06. The highest BCUT2D eigenvalue weighted by Crippen LogP contribution is 2.29. The Kier molecular flexibility index (Phi) is 4.33. The quantitative estimate of drug-likeness (QED) is 0.658. The van der Waals surface area contributed by atoms with E-state index in [-0.39, 0.29) is 23.8 Å². The number of hydrogen-bond donors (Lipinski definition) is 3. The number of sulfonamides is 1. The van der Waals surface area contributed by atoms with Crippen molar-refractivity contribution < 1.29 is 18.3 Å². The lowest BCUT2D eigenvalue weighted by Gasteiger charge is -2.16. The van der Waals surface area contributed by atoms with E-state index in [2.05, 4.69) is 4.72 Å². The van der Waals surface area contributed by atoms with Crippen molar-refractivity contribution in [3.8, 4) is 0 Å². The number of nitrogens with zero attached hydrogens (tertiary/aromatic N) is 1. The van der Waals surface area contributed by atoms with Gasteiger partial charge in [0.25, 0.3) is 0 Å². The van der Waals surface area contributed by atoms with Crippen LogP contribution in [0.4, 0.5) is 5.69 Å². The maximum Gasteiger partial charge on any atom is 0.240 e. The number of hydrogen-bond acceptors (Lipinski definition) is 5. The van der Waals surface area contributed by atoms with Gasteiger partial charge in [-0.25, -0.2) is 13.1 Å². The largest absolute Gasteiger partial charge is 0.392 e. The molecule has 21 heavy (non-hydrogen) atoms. The molecule has 2 rings (SSSR count). The van der Waals surface area contributed by atoms with E-state index in [4.69, 9.17) is 5.73 Å². The summed E-state index contributed by atoms with van der Waals surface area (Å²) in [6.07, 6.45) is -0.610. The van der Waals surface area contributed by atoms with Crippen molar-refractivity contribution in [3.63, 3.8) is 0 Å². The van der Waals surface area contributed by atoms with E-state index in [1.807, 2.05) is 0 Å². The summed E-state index contributed by atoms with van der Waals surface area (Å²) in [6, 6.07) is 3.88. The van der Waals surface area contributed by atoms with Gasteiger partial charge in [0.1, 0.15) is 0 Å². The van der Waals surface area contributed by atoms with Gasteiger partial charge in [0.05, 0.1) is 17.4 Å². The van der Waals surface area contributed by atoms with Crippen LogP contribution in [0.3, 0.4) is 0 Å². The van der Waals surface area contributed by atoms with E-state index >= 15 is 0 Å². The second-order valence-electron chi connectivity index (χ2n) is 5.18. The van der Waals surface area contributed by atoms with E-state index in [9.17, 15) is 18.3 Å². The number of nitrogens with one attached hydrogen (secondary N) is 1. The zero-order chi connectivity index (χ0) is 15.8. The van der Waals surface area contributed by atoms with Crippen LogP contribution in [-0.2, 0) is 21.2 Å². The summed E-state index contributed by atoms with van der Waals surface area (Å²) < 4.78 is 26.7. The maximum atomic E-state index is 12.2. The molecule has 0 aliphatic carbocycles. The Balaban J connectivity index is 2.19. The molecule has 1 aromatic carbocycles. The fourth-order valence-corrected chi connectivity index (χ4v) is 3.20. The topological polar surface area (TPSA) is 113 Å². The highest BCUT2D eigenvalue weighted by molar-refractivity contribution is 7.89. The number of anilines is 1. The molecule has 0 aromatic heterocycles. The van der Waals surface area contributed by atoms with Crippen LogP contribution in [0.5, 0.6) is 0 Å². The number of carbonyl (C=O) groups excluding carboxylic acids is 1. The number of nitrogens with two attached hydrogens (primary N) is 1. The lowest BCUT2D eigenvalue weighted by molar-refractivity contribution is -0.117. The average molecular weight is 313 g/mol. The average Bonchev–Trinajstić information content (AvgIpc) is 2.71. The number of fused-ring (bicyclic) bond motifs is 1. The Hall–Kier alpha value is -1.48. The van der Waals surface area contributed by atoms with Crippen LogP contribution < -0.4 is 15.4 Å². The van der Waals surface area contributed by atoms with Crippen LogP contribution in [0.15, 0.2) is 23.1 Å². The Morgan fingerprint density at radius 3 is 2.76 bits per heavy atom. The lowest BCUT2D eigenvalue weighted by Crippen LogP contribution is -2.43. The fraction of sp³-hybridized carbons (Fsp3) is 0.462. The second kappa shape index (κ2) is 5.72. The predicted molar refractivity (Wildman–Crippen MR) is 78.4 cm³/mol. The van der Waals surface area contributed by atoms with E-state index in [1.165, 1.54) is 24.0 Å². The predicted octanol–water partition coefficient (Wildman–Crippen LogP) is -0.808. The third kappa shape index (κ3) is 3.24. The number of carbonyl (C=O) groups is 1. The molecular formula is C13H19N3O4S. The standard InChI is InChI=1S/C13H19N3O4S/c1-8(17)11(14)7-15-21(19,20)10-3-4-12-9(5-10)6-13(18)16(12)2/h3-5,8,11,15,17H,6-7,14H2,1-2H3. The number of benzene rings is 1. The SMILES string of the molecule is CC(O)C(N)CNS(=O)(=O)c1ccc2c(c1)CC(=O)N2C. The first-order valence-electron chi connectivity index (χ1n) is 6.55. The Labute approximate surface area is 123 Å². The molecule has 1 heterocycles. The van der Waals surface area contributed by atoms with Gasteiger partial charge in [-0.05, 0) is 30.7 Å². The minimum absolute atomic E-state index is 0.0596. The first kappa shape index (κ1) is 15.9. The molecule has 1 aliphatic rings. The molecule has 1 aromatic rings. The molecule has 0 fully saturated rings. The van der Waals surface area contributed by atoms with Crippen molar-refractivity contribution in [2.45, 2.75) is 30.4 Å². The molecule has 0 radical (unpaired) electrons. The Morgan fingerprint density at radius 2 is 2.14 bits per heavy atom. The van der Waals surface area contributed by atoms with Gasteiger partial charge in [-0.15, -0.1) is 0 Å². The molecule has 0 spiro atoms. The second-order valence-corrected chi connectivity index (χ2v) is 6.94. The van der Waals surface area contributed by atoms with E-state index in [1.54, 1.807) is 13.1 Å². The normalized spacial score (nSPS) is 17.7. The molecule has 4 N–H and O–H groups in total. The molecule has 2 atom stereocenters. The molecule has 0 bridgehead atoms. The van der Waals surface area contributed by atoms with Crippen molar-refractivity contribution in [3.05, 3.63) is 23.8 Å². The summed E-state index contributed by atoms with van der Waals surface area (Å²) in [5, 5.41) is 9.27. The van der Waals surface area contributed by atoms with Gasteiger partial charge in [0.2, 0.25) is 15.9 Å². The fourth-order valence-electron chi connectivity index (χ4n) is 2.07. The number of likely N-dealkylation sites (N-methyl/N-ethyl adjacent to an activating group) is 1. The van der Waals surface area contributed by atoms with Crippen LogP contribution >= 0.6 is 0 Å². The summed E-state index contributed by atoms with van der Waals surface area (Å²) in [5.41, 5.74) is 7.01. The van der Waals surface area contributed by atoms with Gasteiger partial charge in [-0.2, -0.15) is 0 Å². The smallest absolute Gasteiger partial charge is 0.240 e. The van der Waals surface area contributed by atoms with E-state index < -0.39 is 22.2 Å². The first-order chi connectivity index (χ1) is 9.72. The van der Waals surface area contributed by atoms with E-state index in [0.29, 0.717) is 5.56 Å². The molecule has 1 aliphatic heterocycles. The zero-order valence-corrected chi connectivity index (χ0v) is 12.7. The van der Waals surface area contributed by atoms with Crippen LogP contribution in [0.1, 0.15) is 12.5 Å². The summed E-state index contributed by atoms with van der Waals surface area (Å²) in [5.74, 6) is -0.0661. The number of aliphatic hydroxyl groups is 1. The third-order valence-corrected chi connectivity index (χ3v) is 4.99. The number of amides is 1. The highest BCUT2D eigenvalue weighted by atomic mass is 32.2. The number of aliphatic hydroxyl groups excluding tert-OH is 1. The van der Waals surface area contributed by atoms with Gasteiger partial charge in [-0.3, -0.25) is 4.79 Å². The zero-order valence-electron chi connectivity index (χ0n) is 11.9. The van der Waals surface area contributed by atoms with Crippen LogP contribution in [0.2, 0.25) is 0 Å². The molecule has 116 valence electrons. The highest BCUT2D eigenvalue weighted by Gasteiger charge is 2.26. The van der Waals surface area contributed by atoms with Crippen molar-refractivity contribution in [2.75, 3.05) is 18.5 Å². The molecular weight excluding hydrogens is 294 g/mol. The molecule has 0 saturated heterocycles. The molecule has 2 unspecified atom stereocenters. The maximum absolute atomic E-state index is 12.2. The Bertz CT molecular complexity index is 657. The van der Waals surface area contributed by atoms with Crippen LogP contribution in [0.25, 0.3) is 0 Å². The van der Waals surface area contributed by atoms with Crippen molar-refractivity contribution >= 4 is 21.6 Å². The van der Waals surface area contributed by atoms with Gasteiger partial charge < -0.3 is 15.7 Å². The first-order valence-corrected chi connectivity index (χ1v) is 8.03. The minimum Gasteiger partial charge on any atom is -0.392 e. The van der Waals surface area contributed by atoms with Gasteiger partial charge in [-0.1, -0.05) is 0 Å². The van der Waals surface area contributed by atoms with Crippen molar-refractivity contribution in [2.24, 2.45) is 5.73 Å². The summed E-state index contributed by atoms with van der Waals surface area (Å²) in [6.45, 7) is 1.44. The molecule has 7 nitrogen and oxygen atoms in total. The molecule has 1 amide bonds. The van der Waals surface area contributed by atoms with Crippen molar-refractivity contribution in [1.29, 1.82) is 0 Å². The van der Waals surface area contributed by atoms with Crippen LogP contribution in [-0.4, -0.2) is 45.2 Å². The van der Waals surface area contributed by atoms with Crippen LogP contribution in [0, 0.1) is 0 Å². The lowest BCUT2D eigenvalue weighted by atomic mass is 10.2. The van der Waals surface area contributed by atoms with Gasteiger partial charge in [0, 0.05) is 25.3 Å². The van der Waals surface area contributed by atoms with Gasteiger partial charge >= 0.3 is 0 Å². The monoisotopic (exact) mass is 313 g/mol. The molecule has 0 saturated carbocycles.